The predicted molar refractivity (Wildman–Crippen MR) is 65.4 cm³/mol. The summed E-state index contributed by atoms with van der Waals surface area (Å²) in [6.45, 7) is 5.86. The van der Waals surface area contributed by atoms with Crippen LogP contribution in [0, 0.1) is 11.8 Å². The highest BCUT2D eigenvalue weighted by molar-refractivity contribution is 7.99. The lowest BCUT2D eigenvalue weighted by atomic mass is 9.91. The van der Waals surface area contributed by atoms with Crippen molar-refractivity contribution in [2.45, 2.75) is 19.8 Å². The lowest BCUT2D eigenvalue weighted by molar-refractivity contribution is -0.147. The molecule has 1 heterocycles. The van der Waals surface area contributed by atoms with Crippen molar-refractivity contribution in [3.8, 4) is 0 Å². The molecule has 1 rings (SSSR count). The standard InChI is InChI=1S/C12H18O3S/c1-3-9-7-10(12(14)15-4-2)8-16-6-5-11(9)13/h3,9-10H,1,4-8H2,2H3. The summed E-state index contributed by atoms with van der Waals surface area (Å²) in [7, 11) is 0. The Morgan fingerprint density at radius 3 is 3.06 bits per heavy atom. The molecule has 2 unspecified atom stereocenters. The summed E-state index contributed by atoms with van der Waals surface area (Å²) in [5, 5.41) is 0. The maximum atomic E-state index is 11.7. The average Bonchev–Trinajstić information content (AvgIpc) is 2.25. The Labute approximate surface area is 101 Å². The summed E-state index contributed by atoms with van der Waals surface area (Å²) in [6.07, 6.45) is 2.79. The van der Waals surface area contributed by atoms with Gasteiger partial charge in [-0.15, -0.1) is 6.58 Å². The lowest BCUT2D eigenvalue weighted by Crippen LogP contribution is -2.27. The van der Waals surface area contributed by atoms with Gasteiger partial charge in [0.25, 0.3) is 0 Å². The number of ketones is 1. The fraction of sp³-hybridized carbons (Fsp3) is 0.667. The van der Waals surface area contributed by atoms with Crippen LogP contribution in [0.1, 0.15) is 19.8 Å². The predicted octanol–water partition coefficient (Wildman–Crippen LogP) is 2.06. The molecule has 0 saturated carbocycles. The van der Waals surface area contributed by atoms with Gasteiger partial charge in [0, 0.05) is 23.8 Å². The topological polar surface area (TPSA) is 43.4 Å². The molecule has 1 saturated heterocycles. The summed E-state index contributed by atoms with van der Waals surface area (Å²) in [5.41, 5.74) is 0. The van der Waals surface area contributed by atoms with Gasteiger partial charge in [-0.05, 0) is 13.3 Å². The van der Waals surface area contributed by atoms with Gasteiger partial charge in [0.2, 0.25) is 0 Å². The number of carbonyl (C=O) groups is 2. The zero-order valence-corrected chi connectivity index (χ0v) is 10.4. The molecule has 4 heteroatoms. The zero-order chi connectivity index (χ0) is 12.0. The molecule has 0 spiro atoms. The summed E-state index contributed by atoms with van der Waals surface area (Å²) in [4.78, 5) is 23.3. The van der Waals surface area contributed by atoms with E-state index in [1.807, 2.05) is 0 Å². The molecule has 1 fully saturated rings. The van der Waals surface area contributed by atoms with Crippen LogP contribution in [-0.2, 0) is 14.3 Å². The molecule has 0 bridgehead atoms. The monoisotopic (exact) mass is 242 g/mol. The van der Waals surface area contributed by atoms with Crippen LogP contribution in [0.5, 0.6) is 0 Å². The van der Waals surface area contributed by atoms with Crippen molar-refractivity contribution in [1.82, 2.24) is 0 Å². The third kappa shape index (κ3) is 3.67. The van der Waals surface area contributed by atoms with Gasteiger partial charge in [0.15, 0.2) is 0 Å². The molecule has 1 aliphatic heterocycles. The fourth-order valence-electron chi connectivity index (χ4n) is 1.74. The van der Waals surface area contributed by atoms with E-state index in [4.69, 9.17) is 4.74 Å². The minimum Gasteiger partial charge on any atom is -0.466 e. The molecule has 0 N–H and O–H groups in total. The number of thioether (sulfide) groups is 1. The van der Waals surface area contributed by atoms with Gasteiger partial charge in [0.1, 0.15) is 5.78 Å². The minimum atomic E-state index is -0.185. The van der Waals surface area contributed by atoms with Crippen LogP contribution in [-0.4, -0.2) is 29.9 Å². The van der Waals surface area contributed by atoms with E-state index in [0.717, 1.165) is 11.5 Å². The molecule has 3 nitrogen and oxygen atoms in total. The molecule has 0 aliphatic carbocycles. The molecule has 90 valence electrons. The van der Waals surface area contributed by atoms with Crippen LogP contribution >= 0.6 is 11.8 Å². The van der Waals surface area contributed by atoms with Crippen molar-refractivity contribution in [3.63, 3.8) is 0 Å². The Morgan fingerprint density at radius 1 is 1.69 bits per heavy atom. The summed E-state index contributed by atoms with van der Waals surface area (Å²) >= 11 is 1.65. The van der Waals surface area contributed by atoms with E-state index < -0.39 is 0 Å². The second kappa shape index (κ2) is 6.74. The fourth-order valence-corrected chi connectivity index (χ4v) is 2.81. The number of esters is 1. The molecular weight excluding hydrogens is 224 g/mol. The van der Waals surface area contributed by atoms with Crippen LogP contribution < -0.4 is 0 Å². The van der Waals surface area contributed by atoms with Crippen LogP contribution in [0.15, 0.2) is 12.7 Å². The van der Waals surface area contributed by atoms with E-state index in [1.54, 1.807) is 24.8 Å². The van der Waals surface area contributed by atoms with Gasteiger partial charge in [-0.2, -0.15) is 11.8 Å². The van der Waals surface area contributed by atoms with Crippen molar-refractivity contribution in [1.29, 1.82) is 0 Å². The quantitative estimate of drug-likeness (QED) is 0.561. The van der Waals surface area contributed by atoms with Crippen molar-refractivity contribution < 1.29 is 14.3 Å². The van der Waals surface area contributed by atoms with Gasteiger partial charge in [-0.1, -0.05) is 6.08 Å². The SMILES string of the molecule is C=CC1CC(C(=O)OCC)CSCCC1=O. The first kappa shape index (κ1) is 13.3. The highest BCUT2D eigenvalue weighted by atomic mass is 32.2. The minimum absolute atomic E-state index is 0.169. The van der Waals surface area contributed by atoms with Gasteiger partial charge >= 0.3 is 5.97 Å². The van der Waals surface area contributed by atoms with Crippen LogP contribution in [0.2, 0.25) is 0 Å². The normalized spacial score (nSPS) is 26.7. The lowest BCUT2D eigenvalue weighted by Gasteiger charge is -2.21. The third-order valence-electron chi connectivity index (χ3n) is 2.67. The number of Topliss-reactive ketones (excluding diaryl/α,β-unsaturated/α-hetero) is 1. The summed E-state index contributed by atoms with van der Waals surface area (Å²) in [6, 6.07) is 0. The molecule has 0 amide bonds. The first-order chi connectivity index (χ1) is 7.69. The Morgan fingerprint density at radius 2 is 2.44 bits per heavy atom. The molecule has 16 heavy (non-hydrogen) atoms. The first-order valence-corrected chi connectivity index (χ1v) is 6.74. The molecular formula is C12H18O3S. The van der Waals surface area contributed by atoms with Crippen LogP contribution in [0.4, 0.5) is 0 Å². The van der Waals surface area contributed by atoms with Crippen molar-refractivity contribution in [3.05, 3.63) is 12.7 Å². The Bertz CT molecular complexity index is 275. The summed E-state index contributed by atoms with van der Waals surface area (Å²) in [5.74, 6) is 1.19. The van der Waals surface area contributed by atoms with Gasteiger partial charge < -0.3 is 4.74 Å². The van der Waals surface area contributed by atoms with E-state index in [2.05, 4.69) is 6.58 Å². The molecule has 0 radical (unpaired) electrons. The molecule has 0 aromatic heterocycles. The number of carbonyl (C=O) groups excluding carboxylic acids is 2. The maximum Gasteiger partial charge on any atom is 0.309 e. The summed E-state index contributed by atoms with van der Waals surface area (Å²) < 4.78 is 5.01. The Balaban J connectivity index is 2.65. The largest absolute Gasteiger partial charge is 0.466 e. The van der Waals surface area contributed by atoms with Gasteiger partial charge in [-0.25, -0.2) is 0 Å². The van der Waals surface area contributed by atoms with E-state index in [0.29, 0.717) is 19.4 Å². The molecule has 0 aromatic carbocycles. The highest BCUT2D eigenvalue weighted by Crippen LogP contribution is 2.25. The Kier molecular flexibility index (Phi) is 5.60. The number of ether oxygens (including phenoxy) is 1. The number of hydrogen-bond donors (Lipinski definition) is 0. The number of rotatable bonds is 3. The second-order valence-corrected chi connectivity index (χ2v) is 4.97. The molecule has 0 aromatic rings. The van der Waals surface area contributed by atoms with Crippen molar-refractivity contribution in [2.24, 2.45) is 11.8 Å². The third-order valence-corrected chi connectivity index (χ3v) is 3.80. The second-order valence-electron chi connectivity index (χ2n) is 3.82. The molecule has 1 aliphatic rings. The highest BCUT2D eigenvalue weighted by Gasteiger charge is 2.28. The average molecular weight is 242 g/mol. The molecule has 2 atom stereocenters. The van der Waals surface area contributed by atoms with E-state index in [-0.39, 0.29) is 23.6 Å². The van der Waals surface area contributed by atoms with E-state index >= 15 is 0 Å². The Hall–Kier alpha value is -0.770. The zero-order valence-electron chi connectivity index (χ0n) is 9.61. The van der Waals surface area contributed by atoms with E-state index in [1.165, 1.54) is 0 Å². The first-order valence-electron chi connectivity index (χ1n) is 5.58. The van der Waals surface area contributed by atoms with Crippen LogP contribution in [0.25, 0.3) is 0 Å². The number of hydrogen-bond acceptors (Lipinski definition) is 4. The van der Waals surface area contributed by atoms with E-state index in [9.17, 15) is 9.59 Å². The number of allylic oxidation sites excluding steroid dienone is 1. The van der Waals surface area contributed by atoms with Crippen molar-refractivity contribution >= 4 is 23.5 Å². The van der Waals surface area contributed by atoms with Gasteiger partial charge in [0.05, 0.1) is 12.5 Å². The van der Waals surface area contributed by atoms with Crippen LogP contribution in [0.3, 0.4) is 0 Å². The smallest absolute Gasteiger partial charge is 0.309 e. The van der Waals surface area contributed by atoms with Crippen molar-refractivity contribution in [2.75, 3.05) is 18.1 Å². The maximum absolute atomic E-state index is 11.7. The van der Waals surface area contributed by atoms with Gasteiger partial charge in [-0.3, -0.25) is 9.59 Å².